The van der Waals surface area contributed by atoms with Gasteiger partial charge in [0.25, 0.3) is 0 Å². The number of aliphatic hydroxyl groups excluding tert-OH is 1. The molecule has 0 saturated carbocycles. The van der Waals surface area contributed by atoms with E-state index < -0.39 is 6.10 Å². The third kappa shape index (κ3) is 5.08. The number of hydrogen-bond donors (Lipinski definition) is 1. The first-order valence-electron chi connectivity index (χ1n) is 9.91. The summed E-state index contributed by atoms with van der Waals surface area (Å²) in [6.07, 6.45) is 1.83. The number of aliphatic hydroxyl groups is 1. The van der Waals surface area contributed by atoms with Crippen LogP contribution in [0.1, 0.15) is 31.7 Å². The number of halogens is 1. The number of benzene rings is 1. The Kier molecular flexibility index (Phi) is 6.35. The molecule has 154 valence electrons. The standard InChI is InChI=1S/C21H30FN3O3/c1-16(26)25-13-19(27)11-21(15-25)7-9-24(10-8-21)20(28)14-23(2)12-17-3-5-18(22)6-4-17/h3-6,19,27H,7-15H2,1-2H3. The van der Waals surface area contributed by atoms with Gasteiger partial charge in [-0.25, -0.2) is 4.39 Å². The number of amides is 2. The second-order valence-corrected chi connectivity index (χ2v) is 8.44. The number of piperidine rings is 2. The van der Waals surface area contributed by atoms with Crippen LogP contribution in [0.15, 0.2) is 24.3 Å². The number of carbonyl (C=O) groups is 2. The van der Waals surface area contributed by atoms with Crippen LogP contribution in [0.4, 0.5) is 4.39 Å². The summed E-state index contributed by atoms with van der Waals surface area (Å²) in [7, 11) is 1.88. The minimum Gasteiger partial charge on any atom is -0.391 e. The van der Waals surface area contributed by atoms with E-state index in [1.165, 1.54) is 12.1 Å². The molecule has 3 rings (SSSR count). The molecule has 1 atom stereocenters. The number of rotatable bonds is 4. The molecule has 1 aromatic carbocycles. The minimum atomic E-state index is -0.484. The van der Waals surface area contributed by atoms with E-state index >= 15 is 0 Å². The topological polar surface area (TPSA) is 64.1 Å². The molecule has 1 N–H and O–H groups in total. The van der Waals surface area contributed by atoms with Crippen LogP contribution in [0.2, 0.25) is 0 Å². The molecule has 2 amide bonds. The predicted molar refractivity (Wildman–Crippen MR) is 104 cm³/mol. The van der Waals surface area contributed by atoms with Crippen LogP contribution in [0, 0.1) is 11.2 Å². The number of β-amino-alcohol motifs (C(OH)–C–C–N with tert-alkyl or cyclic N) is 1. The van der Waals surface area contributed by atoms with Gasteiger partial charge in [0.1, 0.15) is 5.82 Å². The maximum Gasteiger partial charge on any atom is 0.236 e. The van der Waals surface area contributed by atoms with Crippen molar-refractivity contribution in [3.8, 4) is 0 Å². The van der Waals surface area contributed by atoms with E-state index in [4.69, 9.17) is 0 Å². The van der Waals surface area contributed by atoms with E-state index in [1.54, 1.807) is 24.0 Å². The fraction of sp³-hybridized carbons (Fsp3) is 0.619. The van der Waals surface area contributed by atoms with E-state index in [0.29, 0.717) is 45.7 Å². The number of likely N-dealkylation sites (tertiary alicyclic amines) is 2. The van der Waals surface area contributed by atoms with Crippen LogP contribution < -0.4 is 0 Å². The first-order valence-corrected chi connectivity index (χ1v) is 9.91. The van der Waals surface area contributed by atoms with Crippen molar-refractivity contribution in [3.63, 3.8) is 0 Å². The molecule has 1 unspecified atom stereocenters. The van der Waals surface area contributed by atoms with Crippen LogP contribution >= 0.6 is 0 Å². The van der Waals surface area contributed by atoms with Crippen LogP contribution in [0.3, 0.4) is 0 Å². The van der Waals surface area contributed by atoms with Crippen molar-refractivity contribution in [2.24, 2.45) is 5.41 Å². The van der Waals surface area contributed by atoms with Gasteiger partial charge in [-0.3, -0.25) is 14.5 Å². The van der Waals surface area contributed by atoms with Gasteiger partial charge in [0.2, 0.25) is 11.8 Å². The lowest BCUT2D eigenvalue weighted by molar-refractivity contribution is -0.142. The summed E-state index contributed by atoms with van der Waals surface area (Å²) in [6.45, 7) is 4.83. The van der Waals surface area contributed by atoms with Gasteiger partial charge in [-0.05, 0) is 49.4 Å². The molecule has 2 heterocycles. The largest absolute Gasteiger partial charge is 0.391 e. The van der Waals surface area contributed by atoms with E-state index in [9.17, 15) is 19.1 Å². The molecule has 2 aliphatic rings. The second kappa shape index (κ2) is 8.57. The van der Waals surface area contributed by atoms with E-state index in [2.05, 4.69) is 0 Å². The van der Waals surface area contributed by atoms with Gasteiger partial charge in [-0.15, -0.1) is 0 Å². The Balaban J connectivity index is 1.50. The summed E-state index contributed by atoms with van der Waals surface area (Å²) < 4.78 is 13.0. The zero-order valence-electron chi connectivity index (χ0n) is 16.7. The Morgan fingerprint density at radius 3 is 2.46 bits per heavy atom. The lowest BCUT2D eigenvalue weighted by Gasteiger charge is -2.49. The molecule has 2 saturated heterocycles. The molecule has 2 fully saturated rings. The zero-order valence-corrected chi connectivity index (χ0v) is 16.7. The highest BCUT2D eigenvalue weighted by Crippen LogP contribution is 2.40. The van der Waals surface area contributed by atoms with Crippen LogP contribution in [0.25, 0.3) is 0 Å². The summed E-state index contributed by atoms with van der Waals surface area (Å²) in [4.78, 5) is 30.0. The van der Waals surface area contributed by atoms with Crippen LogP contribution in [0.5, 0.6) is 0 Å². The lowest BCUT2D eigenvalue weighted by Crippen LogP contribution is -2.56. The van der Waals surface area contributed by atoms with Crippen molar-refractivity contribution in [2.45, 2.75) is 38.8 Å². The van der Waals surface area contributed by atoms with Crippen molar-refractivity contribution in [2.75, 3.05) is 39.8 Å². The lowest BCUT2D eigenvalue weighted by atomic mass is 9.71. The third-order valence-corrected chi connectivity index (χ3v) is 6.02. The first kappa shape index (κ1) is 20.7. The second-order valence-electron chi connectivity index (χ2n) is 8.44. The predicted octanol–water partition coefficient (Wildman–Crippen LogP) is 1.48. The minimum absolute atomic E-state index is 0.000881. The SMILES string of the molecule is CC(=O)N1CC(O)CC2(CCN(C(=O)CN(C)Cc3ccc(F)cc3)CC2)C1. The maximum absolute atomic E-state index is 13.0. The smallest absolute Gasteiger partial charge is 0.236 e. The summed E-state index contributed by atoms with van der Waals surface area (Å²) in [5, 5.41) is 10.2. The fourth-order valence-corrected chi connectivity index (χ4v) is 4.47. The molecule has 0 aromatic heterocycles. The monoisotopic (exact) mass is 391 g/mol. The third-order valence-electron chi connectivity index (χ3n) is 6.02. The highest BCUT2D eigenvalue weighted by molar-refractivity contribution is 5.78. The van der Waals surface area contributed by atoms with Gasteiger partial charge >= 0.3 is 0 Å². The summed E-state index contributed by atoms with van der Waals surface area (Å²) >= 11 is 0. The maximum atomic E-state index is 13.0. The van der Waals surface area contributed by atoms with E-state index in [-0.39, 0.29) is 23.0 Å². The first-order chi connectivity index (χ1) is 13.3. The summed E-state index contributed by atoms with van der Waals surface area (Å²) in [6, 6.07) is 6.32. The average Bonchev–Trinajstić information content (AvgIpc) is 2.63. The van der Waals surface area contributed by atoms with E-state index in [0.717, 1.165) is 18.4 Å². The average molecular weight is 391 g/mol. The molecule has 0 bridgehead atoms. The van der Waals surface area contributed by atoms with Gasteiger partial charge in [-0.2, -0.15) is 0 Å². The zero-order chi connectivity index (χ0) is 20.3. The normalized spacial score (nSPS) is 22.0. The Labute approximate surface area is 165 Å². The van der Waals surface area contributed by atoms with Gasteiger partial charge in [-0.1, -0.05) is 12.1 Å². The molecular weight excluding hydrogens is 361 g/mol. The van der Waals surface area contributed by atoms with Crippen molar-refractivity contribution in [1.82, 2.24) is 14.7 Å². The molecule has 1 spiro atoms. The van der Waals surface area contributed by atoms with Gasteiger partial charge < -0.3 is 14.9 Å². The Bertz CT molecular complexity index is 701. The molecule has 0 radical (unpaired) electrons. The molecular formula is C21H30FN3O3. The quantitative estimate of drug-likeness (QED) is 0.845. The molecule has 0 aliphatic carbocycles. The Morgan fingerprint density at radius 2 is 1.86 bits per heavy atom. The Hall–Kier alpha value is -1.99. The number of carbonyl (C=O) groups excluding carboxylic acids is 2. The van der Waals surface area contributed by atoms with Crippen LogP contribution in [-0.2, 0) is 16.1 Å². The Morgan fingerprint density at radius 1 is 1.21 bits per heavy atom. The van der Waals surface area contributed by atoms with E-state index in [1.807, 2.05) is 16.8 Å². The highest BCUT2D eigenvalue weighted by Gasteiger charge is 2.42. The van der Waals surface area contributed by atoms with Gasteiger partial charge in [0.15, 0.2) is 0 Å². The van der Waals surface area contributed by atoms with Crippen molar-refractivity contribution in [1.29, 1.82) is 0 Å². The van der Waals surface area contributed by atoms with Crippen molar-refractivity contribution >= 4 is 11.8 Å². The van der Waals surface area contributed by atoms with Crippen molar-refractivity contribution in [3.05, 3.63) is 35.6 Å². The fourth-order valence-electron chi connectivity index (χ4n) is 4.47. The molecule has 2 aliphatic heterocycles. The van der Waals surface area contributed by atoms with Gasteiger partial charge in [0.05, 0.1) is 12.6 Å². The number of hydrogen-bond acceptors (Lipinski definition) is 4. The molecule has 28 heavy (non-hydrogen) atoms. The molecule has 1 aromatic rings. The molecule has 7 heteroatoms. The number of nitrogens with zero attached hydrogens (tertiary/aromatic N) is 3. The number of likely N-dealkylation sites (N-methyl/N-ethyl adjacent to an activating group) is 1. The summed E-state index contributed by atoms with van der Waals surface area (Å²) in [5.41, 5.74) is 0.884. The highest BCUT2D eigenvalue weighted by atomic mass is 19.1. The summed E-state index contributed by atoms with van der Waals surface area (Å²) in [5.74, 6) is -0.181. The van der Waals surface area contributed by atoms with Crippen molar-refractivity contribution < 1.29 is 19.1 Å². The van der Waals surface area contributed by atoms with Gasteiger partial charge in [0, 0.05) is 39.6 Å². The van der Waals surface area contributed by atoms with Crippen LogP contribution in [-0.4, -0.2) is 77.5 Å². The molecule has 6 nitrogen and oxygen atoms in total.